The van der Waals surface area contributed by atoms with Crippen LogP contribution in [0.15, 0.2) is 59.5 Å². The van der Waals surface area contributed by atoms with Gasteiger partial charge < -0.3 is 15.4 Å². The fourth-order valence-corrected chi connectivity index (χ4v) is 3.87. The van der Waals surface area contributed by atoms with Gasteiger partial charge >= 0.3 is 12.1 Å². The zero-order chi connectivity index (χ0) is 22.8. The number of fused-ring (bicyclic) bond motifs is 3. The number of amides is 1. The summed E-state index contributed by atoms with van der Waals surface area (Å²) in [5.74, 6) is -3.27. The third kappa shape index (κ3) is 4.72. The fraction of sp³-hybridized carbons (Fsp3) is 0.100. The zero-order valence-electron chi connectivity index (χ0n) is 15.6. The van der Waals surface area contributed by atoms with E-state index >= 15 is 0 Å². The van der Waals surface area contributed by atoms with Gasteiger partial charge in [-0.15, -0.1) is 11.3 Å². The van der Waals surface area contributed by atoms with Crippen molar-refractivity contribution in [1.82, 2.24) is 9.55 Å². The lowest BCUT2D eigenvalue weighted by atomic mass is 10.1. The molecule has 3 heterocycles. The number of carbonyl (C=O) groups is 2. The topological polar surface area (TPSA) is 115 Å². The van der Waals surface area contributed by atoms with Crippen molar-refractivity contribution in [2.24, 2.45) is 5.73 Å². The van der Waals surface area contributed by atoms with Crippen LogP contribution in [0.25, 0.3) is 21.0 Å². The summed E-state index contributed by atoms with van der Waals surface area (Å²) in [6.45, 7) is 0.373. The predicted molar refractivity (Wildman–Crippen MR) is 109 cm³/mol. The van der Waals surface area contributed by atoms with Crippen molar-refractivity contribution in [3.8, 4) is 0 Å². The van der Waals surface area contributed by atoms with Gasteiger partial charge in [-0.1, -0.05) is 24.3 Å². The highest BCUT2D eigenvalue weighted by atomic mass is 32.1. The molecule has 0 unspecified atom stereocenters. The number of carbonyl (C=O) groups excluding carboxylic acids is 1. The smallest absolute Gasteiger partial charge is 0.475 e. The van der Waals surface area contributed by atoms with E-state index in [1.807, 2.05) is 42.5 Å². The Balaban J connectivity index is 0.000000339. The minimum atomic E-state index is -5.08. The van der Waals surface area contributed by atoms with Crippen molar-refractivity contribution < 1.29 is 27.9 Å². The van der Waals surface area contributed by atoms with Crippen LogP contribution < -0.4 is 11.3 Å². The molecule has 7 nitrogen and oxygen atoms in total. The Bertz CT molecular complexity index is 1330. The molecule has 0 bridgehead atoms. The number of carboxylic acid groups (broad SMARTS) is 1. The number of aliphatic carboxylic acids is 1. The molecule has 0 radical (unpaired) electrons. The number of hydrogen-bond donors (Lipinski definition) is 2. The van der Waals surface area contributed by atoms with E-state index in [4.69, 9.17) is 15.6 Å². The number of para-hydroxylation sites is 1. The SMILES string of the molecule is NC(=O)c1cc2c(=O)n(Cc3ccccn3)c3ccccc3c2s1.O=C(O)C(F)(F)F. The Morgan fingerprint density at radius 2 is 1.74 bits per heavy atom. The summed E-state index contributed by atoms with van der Waals surface area (Å²) in [5, 5.41) is 8.57. The third-order valence-corrected chi connectivity index (χ3v) is 5.36. The van der Waals surface area contributed by atoms with Crippen molar-refractivity contribution in [3.63, 3.8) is 0 Å². The Morgan fingerprint density at radius 3 is 2.32 bits per heavy atom. The van der Waals surface area contributed by atoms with Gasteiger partial charge in [0.1, 0.15) is 0 Å². The van der Waals surface area contributed by atoms with Crippen LogP contribution in [0.5, 0.6) is 0 Å². The number of halogens is 3. The van der Waals surface area contributed by atoms with Gasteiger partial charge in [-0.3, -0.25) is 14.6 Å². The van der Waals surface area contributed by atoms with Crippen molar-refractivity contribution in [3.05, 3.63) is 75.7 Å². The molecule has 0 aliphatic heterocycles. The standard InChI is InChI=1S/C18H13N3O2S.C2HF3O2/c19-17(22)15-9-13-16(24-15)12-6-1-2-7-14(12)21(18(13)23)10-11-5-3-4-8-20-11;3-2(4,5)1(6)7/h1-9H,10H2,(H2,19,22);(H,6,7). The maximum atomic E-state index is 13.0. The fourth-order valence-electron chi connectivity index (χ4n) is 2.84. The van der Waals surface area contributed by atoms with Gasteiger partial charge in [0.15, 0.2) is 0 Å². The number of alkyl halides is 3. The normalized spacial score (nSPS) is 11.2. The number of primary amides is 1. The van der Waals surface area contributed by atoms with Crippen LogP contribution in [0, 0.1) is 0 Å². The molecule has 0 saturated heterocycles. The van der Waals surface area contributed by atoms with Gasteiger partial charge in [0.05, 0.1) is 28.0 Å². The molecule has 31 heavy (non-hydrogen) atoms. The molecular formula is C20H14F3N3O4S. The summed E-state index contributed by atoms with van der Waals surface area (Å²) < 4.78 is 34.2. The molecule has 0 aliphatic carbocycles. The highest BCUT2D eigenvalue weighted by Crippen LogP contribution is 2.30. The van der Waals surface area contributed by atoms with Gasteiger partial charge in [0, 0.05) is 16.3 Å². The van der Waals surface area contributed by atoms with Gasteiger partial charge in [0.2, 0.25) is 0 Å². The number of aromatic nitrogens is 2. The summed E-state index contributed by atoms with van der Waals surface area (Å²) in [6, 6.07) is 14.9. The van der Waals surface area contributed by atoms with Crippen LogP contribution in [0.2, 0.25) is 0 Å². The molecule has 1 amide bonds. The van der Waals surface area contributed by atoms with Crippen molar-refractivity contribution in [1.29, 1.82) is 0 Å². The minimum Gasteiger partial charge on any atom is -0.475 e. The minimum absolute atomic E-state index is 0.141. The number of benzene rings is 1. The molecule has 4 aromatic rings. The molecule has 0 fully saturated rings. The molecule has 3 N–H and O–H groups in total. The lowest BCUT2D eigenvalue weighted by molar-refractivity contribution is -0.192. The second-order valence-corrected chi connectivity index (χ2v) is 7.30. The number of nitrogens with zero attached hydrogens (tertiary/aromatic N) is 2. The quantitative estimate of drug-likeness (QED) is 0.498. The largest absolute Gasteiger partial charge is 0.490 e. The molecule has 4 rings (SSSR count). The Kier molecular flexibility index (Phi) is 6.07. The molecule has 160 valence electrons. The van der Waals surface area contributed by atoms with E-state index in [9.17, 15) is 22.8 Å². The van der Waals surface area contributed by atoms with E-state index in [2.05, 4.69) is 4.98 Å². The second-order valence-electron chi connectivity index (χ2n) is 6.25. The first-order valence-corrected chi connectivity index (χ1v) is 9.46. The highest BCUT2D eigenvalue weighted by molar-refractivity contribution is 7.21. The summed E-state index contributed by atoms with van der Waals surface area (Å²) in [4.78, 5) is 38.1. The Hall–Kier alpha value is -3.73. The number of carboxylic acids is 1. The molecular weight excluding hydrogens is 435 g/mol. The molecule has 0 aliphatic rings. The summed E-state index contributed by atoms with van der Waals surface area (Å²) >= 11 is 1.26. The van der Waals surface area contributed by atoms with Gasteiger partial charge in [-0.05, 0) is 24.3 Å². The first-order valence-electron chi connectivity index (χ1n) is 8.64. The van der Waals surface area contributed by atoms with Crippen LogP contribution in [-0.4, -0.2) is 32.7 Å². The lowest BCUT2D eigenvalue weighted by Gasteiger charge is -2.10. The van der Waals surface area contributed by atoms with E-state index in [1.54, 1.807) is 16.8 Å². The van der Waals surface area contributed by atoms with Crippen LogP contribution in [0.1, 0.15) is 15.4 Å². The molecule has 0 atom stereocenters. The van der Waals surface area contributed by atoms with E-state index in [-0.39, 0.29) is 5.56 Å². The summed E-state index contributed by atoms with van der Waals surface area (Å²) in [5.41, 5.74) is 6.86. The molecule has 0 spiro atoms. The van der Waals surface area contributed by atoms with E-state index in [1.165, 1.54) is 11.3 Å². The maximum absolute atomic E-state index is 13.0. The van der Waals surface area contributed by atoms with Crippen molar-refractivity contribution >= 4 is 44.2 Å². The predicted octanol–water partition coefficient (Wildman–Crippen LogP) is 3.39. The average Bonchev–Trinajstić information content (AvgIpc) is 3.18. The first-order chi connectivity index (χ1) is 14.6. The van der Waals surface area contributed by atoms with Crippen LogP contribution in [0.3, 0.4) is 0 Å². The van der Waals surface area contributed by atoms with Crippen LogP contribution in [0.4, 0.5) is 13.2 Å². The summed E-state index contributed by atoms with van der Waals surface area (Å²) in [6.07, 6.45) is -3.38. The highest BCUT2D eigenvalue weighted by Gasteiger charge is 2.38. The number of pyridine rings is 2. The van der Waals surface area contributed by atoms with Crippen molar-refractivity contribution in [2.75, 3.05) is 0 Å². The maximum Gasteiger partial charge on any atom is 0.490 e. The number of thiophene rings is 1. The first kappa shape index (κ1) is 22.0. The Labute approximate surface area is 176 Å². The average molecular weight is 449 g/mol. The van der Waals surface area contributed by atoms with Gasteiger partial charge in [-0.25, -0.2) is 4.79 Å². The van der Waals surface area contributed by atoms with E-state index in [0.29, 0.717) is 16.8 Å². The molecule has 1 aromatic carbocycles. The summed E-state index contributed by atoms with van der Waals surface area (Å²) in [7, 11) is 0. The molecule has 0 saturated carbocycles. The second kappa shape index (κ2) is 8.56. The number of hydrogen-bond acceptors (Lipinski definition) is 5. The van der Waals surface area contributed by atoms with Crippen LogP contribution in [-0.2, 0) is 11.3 Å². The van der Waals surface area contributed by atoms with Gasteiger partial charge in [0.25, 0.3) is 11.5 Å². The Morgan fingerprint density at radius 1 is 1.10 bits per heavy atom. The monoisotopic (exact) mass is 449 g/mol. The zero-order valence-corrected chi connectivity index (χ0v) is 16.4. The van der Waals surface area contributed by atoms with E-state index < -0.39 is 18.1 Å². The van der Waals surface area contributed by atoms with Crippen molar-refractivity contribution in [2.45, 2.75) is 12.7 Å². The number of nitrogens with two attached hydrogens (primary N) is 1. The van der Waals surface area contributed by atoms with Crippen LogP contribution >= 0.6 is 11.3 Å². The molecule has 3 aromatic heterocycles. The molecule has 11 heteroatoms. The lowest BCUT2D eigenvalue weighted by Crippen LogP contribution is -2.21. The van der Waals surface area contributed by atoms with Gasteiger partial charge in [-0.2, -0.15) is 13.2 Å². The van der Waals surface area contributed by atoms with E-state index in [0.717, 1.165) is 21.3 Å². The number of rotatable bonds is 3. The third-order valence-electron chi connectivity index (χ3n) is 4.18.